The minimum Gasteiger partial charge on any atom is -0.390 e. The van der Waals surface area contributed by atoms with Crippen molar-refractivity contribution in [1.82, 2.24) is 4.90 Å². The zero-order chi connectivity index (χ0) is 29.9. The van der Waals surface area contributed by atoms with Crippen LogP contribution >= 0.6 is 0 Å². The lowest BCUT2D eigenvalue weighted by atomic mass is 9.82. The Bertz CT molecular complexity index is 1370. The predicted octanol–water partition coefficient (Wildman–Crippen LogP) is 7.37. The maximum atomic E-state index is 14.9. The fraction of sp³-hybridized carbons (Fsp3) is 0.429. The van der Waals surface area contributed by atoms with Gasteiger partial charge in [0.05, 0.1) is 23.1 Å². The van der Waals surface area contributed by atoms with E-state index in [9.17, 15) is 19.1 Å². The molecule has 1 fully saturated rings. The van der Waals surface area contributed by atoms with Gasteiger partial charge in [0, 0.05) is 12.2 Å². The Hall–Kier alpha value is -3.51. The summed E-state index contributed by atoms with van der Waals surface area (Å²) in [5, 5.41) is 13.3. The van der Waals surface area contributed by atoms with Crippen molar-refractivity contribution >= 4 is 17.5 Å². The largest absolute Gasteiger partial charge is 0.390 e. The van der Waals surface area contributed by atoms with Crippen molar-refractivity contribution in [2.75, 3.05) is 11.9 Å². The van der Waals surface area contributed by atoms with Crippen LogP contribution in [0.1, 0.15) is 92.5 Å². The third-order valence-electron chi connectivity index (χ3n) is 8.01. The third-order valence-corrected chi connectivity index (χ3v) is 8.01. The van der Waals surface area contributed by atoms with Crippen molar-refractivity contribution in [2.24, 2.45) is 5.92 Å². The molecule has 3 aromatic carbocycles. The molecule has 0 aliphatic carbocycles. The van der Waals surface area contributed by atoms with E-state index in [4.69, 9.17) is 0 Å². The maximum absolute atomic E-state index is 14.9. The standard InChI is InChI=1S/C35H43FN2O3/c1-23-10-7-14-29(36)30(23)33(40)38-21-9-13-28(32(39)37-27-12-8-11-26(22-27)34(2,3)4)31(38)25-17-15-24(16-18-25)19-20-35(5,6)41/h7-8,10-12,14-18,22,28,31,41H,9,13,19-21H2,1-6H3,(H,37,39). The van der Waals surface area contributed by atoms with Gasteiger partial charge in [0.1, 0.15) is 5.82 Å². The smallest absolute Gasteiger partial charge is 0.257 e. The number of aliphatic hydroxyl groups is 1. The van der Waals surface area contributed by atoms with Crippen LogP contribution in [0, 0.1) is 18.7 Å². The van der Waals surface area contributed by atoms with Gasteiger partial charge < -0.3 is 15.3 Å². The molecule has 218 valence electrons. The molecule has 0 bridgehead atoms. The molecular formula is C35H43FN2O3. The molecule has 1 aliphatic heterocycles. The number of halogens is 1. The first-order chi connectivity index (χ1) is 19.2. The van der Waals surface area contributed by atoms with Gasteiger partial charge >= 0.3 is 0 Å². The SMILES string of the molecule is Cc1cccc(F)c1C(=O)N1CCCC(C(=O)Nc2cccc(C(C)(C)C)c2)C1c1ccc(CCC(C)(C)O)cc1. The number of likely N-dealkylation sites (tertiary alicyclic amines) is 1. The number of nitrogens with one attached hydrogen (secondary N) is 1. The van der Waals surface area contributed by atoms with Gasteiger partial charge in [-0.15, -0.1) is 0 Å². The first-order valence-corrected chi connectivity index (χ1v) is 14.5. The molecule has 3 aromatic rings. The number of piperidine rings is 1. The normalized spacial score (nSPS) is 17.8. The van der Waals surface area contributed by atoms with Gasteiger partial charge in [-0.2, -0.15) is 0 Å². The van der Waals surface area contributed by atoms with E-state index in [1.54, 1.807) is 37.8 Å². The van der Waals surface area contributed by atoms with Gasteiger partial charge in [-0.1, -0.05) is 69.3 Å². The second-order valence-electron chi connectivity index (χ2n) is 13.0. The number of amides is 2. The summed E-state index contributed by atoms with van der Waals surface area (Å²) in [4.78, 5) is 29.5. The molecule has 1 heterocycles. The fourth-order valence-electron chi connectivity index (χ4n) is 5.59. The van der Waals surface area contributed by atoms with E-state index < -0.39 is 29.3 Å². The Kier molecular flexibility index (Phi) is 9.03. The summed E-state index contributed by atoms with van der Waals surface area (Å²) in [5.74, 6) is -1.62. The highest BCUT2D eigenvalue weighted by Crippen LogP contribution is 2.39. The van der Waals surface area contributed by atoms with Crippen molar-refractivity contribution in [1.29, 1.82) is 0 Å². The molecule has 2 atom stereocenters. The summed E-state index contributed by atoms with van der Waals surface area (Å²) >= 11 is 0. The van der Waals surface area contributed by atoms with Gasteiger partial charge in [0.25, 0.3) is 5.91 Å². The van der Waals surface area contributed by atoms with E-state index in [-0.39, 0.29) is 16.9 Å². The maximum Gasteiger partial charge on any atom is 0.257 e. The molecule has 5 nitrogen and oxygen atoms in total. The minimum absolute atomic E-state index is 0.0539. The molecule has 6 heteroatoms. The van der Waals surface area contributed by atoms with Crippen molar-refractivity contribution in [2.45, 2.75) is 84.3 Å². The number of anilines is 1. The average molecular weight is 559 g/mol. The van der Waals surface area contributed by atoms with Gasteiger partial charge in [-0.05, 0) is 92.3 Å². The number of hydrogen-bond acceptors (Lipinski definition) is 3. The van der Waals surface area contributed by atoms with Crippen LogP contribution in [0.3, 0.4) is 0 Å². The van der Waals surface area contributed by atoms with Crippen molar-refractivity contribution < 1.29 is 19.1 Å². The summed E-state index contributed by atoms with van der Waals surface area (Å²) in [5.41, 5.74) is 3.52. The number of nitrogens with zero attached hydrogens (tertiary/aromatic N) is 1. The average Bonchev–Trinajstić information content (AvgIpc) is 2.91. The van der Waals surface area contributed by atoms with Crippen LogP contribution in [-0.4, -0.2) is 34.0 Å². The van der Waals surface area contributed by atoms with E-state index in [0.717, 1.165) is 22.4 Å². The summed E-state index contributed by atoms with van der Waals surface area (Å²) in [6.45, 7) is 12.1. The van der Waals surface area contributed by atoms with Crippen molar-refractivity contribution in [3.63, 3.8) is 0 Å². The fourth-order valence-corrected chi connectivity index (χ4v) is 5.59. The molecule has 2 unspecified atom stereocenters. The minimum atomic E-state index is -0.768. The zero-order valence-electron chi connectivity index (χ0n) is 25.1. The van der Waals surface area contributed by atoms with Crippen LogP contribution < -0.4 is 5.32 Å². The molecule has 0 spiro atoms. The lowest BCUT2D eigenvalue weighted by Crippen LogP contribution is -2.46. The highest BCUT2D eigenvalue weighted by molar-refractivity contribution is 5.98. The first kappa shape index (κ1) is 30.4. The Morgan fingerprint density at radius 2 is 1.68 bits per heavy atom. The lowest BCUT2D eigenvalue weighted by Gasteiger charge is -2.41. The van der Waals surface area contributed by atoms with Crippen molar-refractivity contribution in [3.8, 4) is 0 Å². The van der Waals surface area contributed by atoms with Gasteiger partial charge in [-0.25, -0.2) is 4.39 Å². The highest BCUT2D eigenvalue weighted by Gasteiger charge is 2.40. The number of benzene rings is 3. The summed E-state index contributed by atoms with van der Waals surface area (Å²) in [6, 6.07) is 19.9. The zero-order valence-corrected chi connectivity index (χ0v) is 25.1. The second kappa shape index (κ2) is 12.2. The van der Waals surface area contributed by atoms with E-state index in [1.807, 2.05) is 42.5 Å². The van der Waals surface area contributed by atoms with Gasteiger partial charge in [-0.3, -0.25) is 9.59 Å². The van der Waals surface area contributed by atoms with Crippen LogP contribution in [-0.2, 0) is 16.6 Å². The van der Waals surface area contributed by atoms with Gasteiger partial charge in [0.2, 0.25) is 5.91 Å². The van der Waals surface area contributed by atoms with Crippen LogP contribution in [0.2, 0.25) is 0 Å². The monoisotopic (exact) mass is 558 g/mol. The topological polar surface area (TPSA) is 69.6 Å². The number of rotatable bonds is 7. The molecule has 2 N–H and O–H groups in total. The van der Waals surface area contributed by atoms with Crippen LogP contribution in [0.5, 0.6) is 0 Å². The molecule has 1 saturated heterocycles. The van der Waals surface area contributed by atoms with E-state index in [1.165, 1.54) is 6.07 Å². The predicted molar refractivity (Wildman–Crippen MR) is 162 cm³/mol. The second-order valence-corrected chi connectivity index (χ2v) is 13.0. The molecule has 0 radical (unpaired) electrons. The van der Waals surface area contributed by atoms with Crippen LogP contribution in [0.15, 0.2) is 66.7 Å². The van der Waals surface area contributed by atoms with E-state index in [2.05, 4.69) is 32.2 Å². The Balaban J connectivity index is 1.69. The van der Waals surface area contributed by atoms with Crippen LogP contribution in [0.25, 0.3) is 0 Å². The Labute approximate surface area is 243 Å². The van der Waals surface area contributed by atoms with E-state index in [0.29, 0.717) is 37.8 Å². The third kappa shape index (κ3) is 7.42. The number of hydrogen-bond donors (Lipinski definition) is 2. The van der Waals surface area contributed by atoms with Gasteiger partial charge in [0.15, 0.2) is 0 Å². The number of carbonyl (C=O) groups excluding carboxylic acids is 2. The summed E-state index contributed by atoms with van der Waals surface area (Å²) < 4.78 is 14.9. The molecular weight excluding hydrogens is 515 g/mol. The Morgan fingerprint density at radius 3 is 2.32 bits per heavy atom. The summed E-state index contributed by atoms with van der Waals surface area (Å²) in [6.07, 6.45) is 2.57. The van der Waals surface area contributed by atoms with Crippen LogP contribution in [0.4, 0.5) is 10.1 Å². The number of carbonyl (C=O) groups is 2. The summed E-state index contributed by atoms with van der Waals surface area (Å²) in [7, 11) is 0. The quantitative estimate of drug-likeness (QED) is 0.318. The number of aryl methyl sites for hydroxylation is 2. The molecule has 0 aromatic heterocycles. The molecule has 4 rings (SSSR count). The molecule has 1 aliphatic rings. The molecule has 0 saturated carbocycles. The Morgan fingerprint density at radius 1 is 1.00 bits per heavy atom. The van der Waals surface area contributed by atoms with E-state index >= 15 is 0 Å². The molecule has 41 heavy (non-hydrogen) atoms. The first-order valence-electron chi connectivity index (χ1n) is 14.5. The molecule has 2 amide bonds. The lowest BCUT2D eigenvalue weighted by molar-refractivity contribution is -0.123. The highest BCUT2D eigenvalue weighted by atomic mass is 19.1. The van der Waals surface area contributed by atoms with Crippen molar-refractivity contribution in [3.05, 3.63) is 100 Å².